The lowest BCUT2D eigenvalue weighted by molar-refractivity contribution is 0.0601. The summed E-state index contributed by atoms with van der Waals surface area (Å²) in [4.78, 5) is 13.8. The van der Waals surface area contributed by atoms with Crippen LogP contribution in [0.1, 0.15) is 37.6 Å². The monoisotopic (exact) mass is 264 g/mol. The number of hydrogen-bond acceptors (Lipinski definition) is 4. The van der Waals surface area contributed by atoms with Crippen LogP contribution in [0.2, 0.25) is 0 Å². The lowest BCUT2D eigenvalue weighted by Crippen LogP contribution is -2.29. The summed E-state index contributed by atoms with van der Waals surface area (Å²) < 4.78 is 4.75. The lowest BCUT2D eigenvalue weighted by atomic mass is 10.1. The smallest absolute Gasteiger partial charge is 0.337 e. The van der Waals surface area contributed by atoms with Crippen molar-refractivity contribution in [2.24, 2.45) is 5.92 Å². The number of rotatable bonds is 6. The van der Waals surface area contributed by atoms with Gasteiger partial charge in [0.2, 0.25) is 0 Å². The first-order valence-electron chi connectivity index (χ1n) is 6.76. The van der Waals surface area contributed by atoms with Crippen molar-refractivity contribution < 1.29 is 9.53 Å². The molecule has 0 heterocycles. The molecule has 0 aromatic heterocycles. The molecule has 4 nitrogen and oxygen atoms in total. The summed E-state index contributed by atoms with van der Waals surface area (Å²) in [6, 6.07) is 5.27. The van der Waals surface area contributed by atoms with Gasteiger partial charge < -0.3 is 15.4 Å². The quantitative estimate of drug-likeness (QED) is 0.634. The van der Waals surface area contributed by atoms with Crippen molar-refractivity contribution in [3.05, 3.63) is 23.8 Å². The maximum absolute atomic E-state index is 11.6. The molecule has 1 aromatic rings. The molecule has 106 valence electrons. The van der Waals surface area contributed by atoms with Crippen LogP contribution >= 0.6 is 0 Å². The number of hydrogen-bond donors (Lipinski definition) is 1. The SMILES string of the molecule is CCC(C)CN(CC)c1cc(C(=O)OC)ccc1N. The van der Waals surface area contributed by atoms with Gasteiger partial charge in [-0.2, -0.15) is 0 Å². The van der Waals surface area contributed by atoms with E-state index in [-0.39, 0.29) is 5.97 Å². The summed E-state index contributed by atoms with van der Waals surface area (Å²) in [6.07, 6.45) is 1.12. The number of methoxy groups -OCH3 is 1. The number of nitrogen functional groups attached to an aromatic ring is 1. The van der Waals surface area contributed by atoms with Crippen molar-refractivity contribution in [2.75, 3.05) is 30.8 Å². The topological polar surface area (TPSA) is 55.6 Å². The van der Waals surface area contributed by atoms with E-state index in [0.29, 0.717) is 17.2 Å². The number of carbonyl (C=O) groups is 1. The third-order valence-corrected chi connectivity index (χ3v) is 3.40. The minimum Gasteiger partial charge on any atom is -0.465 e. The van der Waals surface area contributed by atoms with Gasteiger partial charge >= 0.3 is 5.97 Å². The molecule has 1 rings (SSSR count). The molecule has 0 radical (unpaired) electrons. The Bertz CT molecular complexity index is 432. The van der Waals surface area contributed by atoms with Gasteiger partial charge in [-0.05, 0) is 31.0 Å². The van der Waals surface area contributed by atoms with Gasteiger partial charge in [-0.1, -0.05) is 20.3 Å². The Labute approximate surface area is 115 Å². The highest BCUT2D eigenvalue weighted by Gasteiger charge is 2.14. The number of nitrogens with zero attached hydrogens (tertiary/aromatic N) is 1. The van der Waals surface area contributed by atoms with E-state index in [1.54, 1.807) is 12.1 Å². The third kappa shape index (κ3) is 3.88. The molecule has 2 N–H and O–H groups in total. The van der Waals surface area contributed by atoms with Gasteiger partial charge in [0.1, 0.15) is 0 Å². The van der Waals surface area contributed by atoms with E-state index in [9.17, 15) is 4.79 Å². The standard InChI is InChI=1S/C15H24N2O2/c1-5-11(3)10-17(6-2)14-9-12(15(18)19-4)7-8-13(14)16/h7-9,11H,5-6,10,16H2,1-4H3. The van der Waals surface area contributed by atoms with Gasteiger partial charge in [-0.15, -0.1) is 0 Å². The van der Waals surface area contributed by atoms with Gasteiger partial charge in [-0.3, -0.25) is 0 Å². The van der Waals surface area contributed by atoms with Gasteiger partial charge in [0.15, 0.2) is 0 Å². The second kappa shape index (κ2) is 7.02. The normalized spacial score (nSPS) is 12.0. The summed E-state index contributed by atoms with van der Waals surface area (Å²) in [7, 11) is 1.38. The zero-order chi connectivity index (χ0) is 14.4. The number of benzene rings is 1. The lowest BCUT2D eigenvalue weighted by Gasteiger charge is -2.27. The molecule has 0 amide bonds. The number of nitrogens with two attached hydrogens (primary N) is 1. The van der Waals surface area contributed by atoms with E-state index >= 15 is 0 Å². The van der Waals surface area contributed by atoms with Crippen LogP contribution in [0.5, 0.6) is 0 Å². The van der Waals surface area contributed by atoms with Crippen LogP contribution in [-0.2, 0) is 4.74 Å². The maximum Gasteiger partial charge on any atom is 0.337 e. The van der Waals surface area contributed by atoms with Crippen molar-refractivity contribution in [2.45, 2.75) is 27.2 Å². The summed E-state index contributed by atoms with van der Waals surface area (Å²) >= 11 is 0. The average Bonchev–Trinajstić information content (AvgIpc) is 2.44. The number of esters is 1. The van der Waals surface area contributed by atoms with Crippen LogP contribution in [0, 0.1) is 5.92 Å². The molecule has 0 aliphatic rings. The Balaban J connectivity index is 3.04. The highest BCUT2D eigenvalue weighted by Crippen LogP contribution is 2.26. The Kier molecular flexibility index (Phi) is 5.67. The highest BCUT2D eigenvalue weighted by molar-refractivity contribution is 5.92. The van der Waals surface area contributed by atoms with E-state index < -0.39 is 0 Å². The number of carbonyl (C=O) groups excluding carboxylic acids is 1. The van der Waals surface area contributed by atoms with Gasteiger partial charge in [-0.25, -0.2) is 4.79 Å². The Morgan fingerprint density at radius 1 is 1.42 bits per heavy atom. The van der Waals surface area contributed by atoms with E-state index in [1.807, 2.05) is 6.07 Å². The highest BCUT2D eigenvalue weighted by atomic mass is 16.5. The number of ether oxygens (including phenoxy) is 1. The molecular formula is C15H24N2O2. The van der Waals surface area contributed by atoms with Gasteiger partial charge in [0.05, 0.1) is 24.0 Å². The molecule has 0 aliphatic carbocycles. The average molecular weight is 264 g/mol. The Hall–Kier alpha value is -1.71. The third-order valence-electron chi connectivity index (χ3n) is 3.40. The van der Waals surface area contributed by atoms with Crippen LogP contribution in [0.4, 0.5) is 11.4 Å². The van der Waals surface area contributed by atoms with E-state index in [1.165, 1.54) is 7.11 Å². The summed E-state index contributed by atoms with van der Waals surface area (Å²) in [5.74, 6) is 0.252. The molecule has 0 bridgehead atoms. The Morgan fingerprint density at radius 3 is 2.63 bits per heavy atom. The zero-order valence-electron chi connectivity index (χ0n) is 12.3. The maximum atomic E-state index is 11.6. The van der Waals surface area contributed by atoms with Gasteiger partial charge in [0, 0.05) is 13.1 Å². The molecule has 0 spiro atoms. The first-order valence-corrected chi connectivity index (χ1v) is 6.76. The minimum atomic E-state index is -0.333. The molecule has 1 unspecified atom stereocenters. The van der Waals surface area contributed by atoms with Crippen LogP contribution in [0.15, 0.2) is 18.2 Å². The largest absolute Gasteiger partial charge is 0.465 e. The van der Waals surface area contributed by atoms with E-state index in [4.69, 9.17) is 10.5 Å². The molecule has 1 aromatic carbocycles. The molecular weight excluding hydrogens is 240 g/mol. The fourth-order valence-electron chi connectivity index (χ4n) is 1.97. The first-order chi connectivity index (χ1) is 9.03. The second-order valence-corrected chi connectivity index (χ2v) is 4.82. The summed E-state index contributed by atoms with van der Waals surface area (Å²) in [5.41, 5.74) is 8.17. The second-order valence-electron chi connectivity index (χ2n) is 4.82. The predicted molar refractivity (Wildman–Crippen MR) is 79.5 cm³/mol. The van der Waals surface area contributed by atoms with Crippen molar-refractivity contribution in [1.82, 2.24) is 0 Å². The number of anilines is 2. The molecule has 1 atom stereocenters. The fraction of sp³-hybridized carbons (Fsp3) is 0.533. The molecule has 4 heteroatoms. The fourth-order valence-corrected chi connectivity index (χ4v) is 1.97. The molecule has 19 heavy (non-hydrogen) atoms. The van der Waals surface area contributed by atoms with Gasteiger partial charge in [0.25, 0.3) is 0 Å². The minimum absolute atomic E-state index is 0.333. The predicted octanol–water partition coefficient (Wildman–Crippen LogP) is 2.93. The summed E-state index contributed by atoms with van der Waals surface area (Å²) in [6.45, 7) is 8.27. The van der Waals surface area contributed by atoms with Crippen molar-refractivity contribution in [1.29, 1.82) is 0 Å². The van der Waals surface area contributed by atoms with Crippen LogP contribution in [0.3, 0.4) is 0 Å². The zero-order valence-corrected chi connectivity index (χ0v) is 12.3. The molecule has 0 fully saturated rings. The van der Waals surface area contributed by atoms with Crippen molar-refractivity contribution >= 4 is 17.3 Å². The summed E-state index contributed by atoms with van der Waals surface area (Å²) in [5, 5.41) is 0. The van der Waals surface area contributed by atoms with Crippen molar-refractivity contribution in [3.8, 4) is 0 Å². The van der Waals surface area contributed by atoms with Crippen molar-refractivity contribution in [3.63, 3.8) is 0 Å². The van der Waals surface area contributed by atoms with E-state index in [2.05, 4.69) is 25.7 Å². The van der Waals surface area contributed by atoms with E-state index in [0.717, 1.165) is 25.2 Å². The van der Waals surface area contributed by atoms with Crippen LogP contribution in [0.25, 0.3) is 0 Å². The molecule has 0 aliphatic heterocycles. The molecule has 0 saturated heterocycles. The molecule has 0 saturated carbocycles. The first kappa shape index (κ1) is 15.3. The van der Waals surface area contributed by atoms with Crippen LogP contribution in [-0.4, -0.2) is 26.2 Å². The Morgan fingerprint density at radius 2 is 2.11 bits per heavy atom. The van der Waals surface area contributed by atoms with Crippen LogP contribution < -0.4 is 10.6 Å².